The molecule has 2 rings (SSSR count). The fraction of sp³-hybridized carbons (Fsp3) is 0.312. The number of rotatable bonds is 8. The Bertz CT molecular complexity index is 708. The molecule has 0 saturated carbocycles. The van der Waals surface area contributed by atoms with Crippen LogP contribution in [0.2, 0.25) is 0 Å². The lowest BCUT2D eigenvalue weighted by Gasteiger charge is -2.10. The molecule has 1 aromatic carbocycles. The molecule has 0 saturated heterocycles. The smallest absolute Gasteiger partial charge is 0.234 e. The minimum atomic E-state index is -0.152. The number of anilines is 1. The summed E-state index contributed by atoms with van der Waals surface area (Å²) in [7, 11) is 3.12. The summed E-state index contributed by atoms with van der Waals surface area (Å²) in [5.74, 6) is 2.07. The van der Waals surface area contributed by atoms with Gasteiger partial charge >= 0.3 is 0 Å². The third kappa shape index (κ3) is 4.51. The van der Waals surface area contributed by atoms with Gasteiger partial charge in [-0.3, -0.25) is 4.79 Å². The van der Waals surface area contributed by atoms with Gasteiger partial charge in [-0.15, -0.1) is 16.8 Å². The number of methoxy groups -OCH3 is 2. The van der Waals surface area contributed by atoms with Crippen molar-refractivity contribution in [3.8, 4) is 11.5 Å². The molecule has 0 aliphatic carbocycles. The predicted octanol–water partition coefficient (Wildman–Crippen LogP) is 2.52. The van der Waals surface area contributed by atoms with Crippen LogP contribution in [0.4, 0.5) is 5.69 Å². The molecule has 0 aliphatic heterocycles. The summed E-state index contributed by atoms with van der Waals surface area (Å²) >= 11 is 1.32. The van der Waals surface area contributed by atoms with Gasteiger partial charge in [-0.25, -0.2) is 0 Å². The van der Waals surface area contributed by atoms with E-state index in [-0.39, 0.29) is 11.7 Å². The van der Waals surface area contributed by atoms with E-state index >= 15 is 0 Å². The van der Waals surface area contributed by atoms with Gasteiger partial charge in [0.15, 0.2) is 5.16 Å². The maximum absolute atomic E-state index is 12.2. The van der Waals surface area contributed by atoms with Crippen LogP contribution in [0, 0.1) is 6.92 Å². The molecule has 1 amide bonds. The van der Waals surface area contributed by atoms with Crippen LogP contribution in [0.15, 0.2) is 36.0 Å². The lowest BCUT2D eigenvalue weighted by molar-refractivity contribution is -0.113. The molecule has 1 heterocycles. The Labute approximate surface area is 145 Å². The minimum absolute atomic E-state index is 0.152. The van der Waals surface area contributed by atoms with Crippen molar-refractivity contribution in [2.24, 2.45) is 0 Å². The lowest BCUT2D eigenvalue weighted by Crippen LogP contribution is -2.15. The molecular formula is C16H20N4O3S. The molecule has 0 spiro atoms. The zero-order chi connectivity index (χ0) is 17.5. The van der Waals surface area contributed by atoms with Crippen LogP contribution in [-0.4, -0.2) is 40.6 Å². The zero-order valence-corrected chi connectivity index (χ0v) is 14.7. The molecule has 0 unspecified atom stereocenters. The number of allylic oxidation sites excluding steroid dienone is 1. The van der Waals surface area contributed by atoms with Crippen LogP contribution in [0.5, 0.6) is 11.5 Å². The van der Waals surface area contributed by atoms with Crippen molar-refractivity contribution in [2.75, 3.05) is 25.3 Å². The first-order valence-electron chi connectivity index (χ1n) is 7.23. The SMILES string of the molecule is C=CCn1c(C)nnc1SCC(=O)Nc1cc(OC)cc(OC)c1. The number of carbonyl (C=O) groups is 1. The largest absolute Gasteiger partial charge is 0.497 e. The van der Waals surface area contributed by atoms with E-state index in [1.807, 2.05) is 11.5 Å². The number of nitrogens with one attached hydrogen (secondary N) is 1. The van der Waals surface area contributed by atoms with Crippen molar-refractivity contribution in [2.45, 2.75) is 18.6 Å². The van der Waals surface area contributed by atoms with Gasteiger partial charge < -0.3 is 19.4 Å². The molecule has 1 N–H and O–H groups in total. The van der Waals surface area contributed by atoms with E-state index in [0.717, 1.165) is 5.82 Å². The highest BCUT2D eigenvalue weighted by Gasteiger charge is 2.12. The Balaban J connectivity index is 2.00. The van der Waals surface area contributed by atoms with E-state index in [4.69, 9.17) is 9.47 Å². The van der Waals surface area contributed by atoms with E-state index in [1.165, 1.54) is 11.8 Å². The molecule has 1 aromatic heterocycles. The maximum Gasteiger partial charge on any atom is 0.234 e. The van der Waals surface area contributed by atoms with E-state index in [9.17, 15) is 4.79 Å². The highest BCUT2D eigenvalue weighted by Crippen LogP contribution is 2.26. The summed E-state index contributed by atoms with van der Waals surface area (Å²) in [6.45, 7) is 6.18. The van der Waals surface area contributed by atoms with E-state index in [1.54, 1.807) is 38.5 Å². The van der Waals surface area contributed by atoms with Gasteiger partial charge in [0.25, 0.3) is 0 Å². The molecule has 2 aromatic rings. The number of hydrogen-bond acceptors (Lipinski definition) is 6. The number of aryl methyl sites for hydroxylation is 1. The molecular weight excluding hydrogens is 328 g/mol. The first-order chi connectivity index (χ1) is 11.6. The van der Waals surface area contributed by atoms with E-state index in [2.05, 4.69) is 22.1 Å². The van der Waals surface area contributed by atoms with E-state index < -0.39 is 0 Å². The second-order valence-electron chi connectivity index (χ2n) is 4.87. The summed E-state index contributed by atoms with van der Waals surface area (Å²) in [5, 5.41) is 11.6. The fourth-order valence-electron chi connectivity index (χ4n) is 2.01. The number of carbonyl (C=O) groups excluding carboxylic acids is 1. The maximum atomic E-state index is 12.2. The number of nitrogens with zero attached hydrogens (tertiary/aromatic N) is 3. The van der Waals surface area contributed by atoms with Crippen LogP contribution >= 0.6 is 11.8 Å². The van der Waals surface area contributed by atoms with Crippen molar-refractivity contribution >= 4 is 23.4 Å². The Kier molecular flexibility index (Phi) is 6.25. The summed E-state index contributed by atoms with van der Waals surface area (Å²) in [6, 6.07) is 5.20. The van der Waals surface area contributed by atoms with E-state index in [0.29, 0.717) is 28.9 Å². The van der Waals surface area contributed by atoms with Crippen molar-refractivity contribution < 1.29 is 14.3 Å². The van der Waals surface area contributed by atoms with Gasteiger partial charge in [0.2, 0.25) is 5.91 Å². The topological polar surface area (TPSA) is 78.3 Å². The second kappa shape index (κ2) is 8.39. The Hall–Kier alpha value is -2.48. The predicted molar refractivity (Wildman–Crippen MR) is 93.9 cm³/mol. The molecule has 128 valence electrons. The number of benzene rings is 1. The molecule has 0 atom stereocenters. The first-order valence-corrected chi connectivity index (χ1v) is 8.22. The standard InChI is InChI=1S/C16H20N4O3S/c1-5-6-20-11(2)18-19-16(20)24-10-15(21)17-12-7-13(22-3)9-14(8-12)23-4/h5,7-9H,1,6,10H2,2-4H3,(H,17,21). The third-order valence-electron chi connectivity index (χ3n) is 3.18. The number of thioether (sulfide) groups is 1. The average molecular weight is 348 g/mol. The lowest BCUT2D eigenvalue weighted by atomic mass is 10.2. The minimum Gasteiger partial charge on any atom is -0.497 e. The van der Waals surface area contributed by atoms with Crippen LogP contribution < -0.4 is 14.8 Å². The van der Waals surface area contributed by atoms with Gasteiger partial charge in [-0.05, 0) is 6.92 Å². The molecule has 0 radical (unpaired) electrons. The molecule has 7 nitrogen and oxygen atoms in total. The Morgan fingerprint density at radius 1 is 1.29 bits per heavy atom. The van der Waals surface area contributed by atoms with Crippen molar-refractivity contribution in [1.82, 2.24) is 14.8 Å². The summed E-state index contributed by atoms with van der Waals surface area (Å²) in [4.78, 5) is 12.2. The van der Waals surface area contributed by atoms with Crippen LogP contribution in [0.3, 0.4) is 0 Å². The number of ether oxygens (including phenoxy) is 2. The number of amides is 1. The van der Waals surface area contributed by atoms with Gasteiger partial charge in [0.1, 0.15) is 17.3 Å². The normalized spacial score (nSPS) is 10.3. The first kappa shape index (κ1) is 17.9. The van der Waals surface area contributed by atoms with Crippen molar-refractivity contribution in [3.63, 3.8) is 0 Å². The van der Waals surface area contributed by atoms with Gasteiger partial charge in [0.05, 0.1) is 20.0 Å². The fourth-order valence-corrected chi connectivity index (χ4v) is 2.81. The quantitative estimate of drug-likeness (QED) is 0.583. The Morgan fingerprint density at radius 2 is 1.96 bits per heavy atom. The third-order valence-corrected chi connectivity index (χ3v) is 4.15. The Morgan fingerprint density at radius 3 is 2.54 bits per heavy atom. The van der Waals surface area contributed by atoms with Gasteiger partial charge in [0, 0.05) is 30.4 Å². The molecule has 0 aliphatic rings. The van der Waals surface area contributed by atoms with Gasteiger partial charge in [-0.2, -0.15) is 0 Å². The highest BCUT2D eigenvalue weighted by molar-refractivity contribution is 7.99. The molecule has 24 heavy (non-hydrogen) atoms. The summed E-state index contributed by atoms with van der Waals surface area (Å²) in [5.41, 5.74) is 0.612. The van der Waals surface area contributed by atoms with Gasteiger partial charge in [-0.1, -0.05) is 17.8 Å². The summed E-state index contributed by atoms with van der Waals surface area (Å²) < 4.78 is 12.3. The number of hydrogen-bond donors (Lipinski definition) is 1. The number of aromatic nitrogens is 3. The monoisotopic (exact) mass is 348 g/mol. The molecule has 0 bridgehead atoms. The van der Waals surface area contributed by atoms with Crippen molar-refractivity contribution in [3.05, 3.63) is 36.7 Å². The molecule has 0 fully saturated rings. The van der Waals surface area contributed by atoms with Crippen molar-refractivity contribution in [1.29, 1.82) is 0 Å². The molecule has 8 heteroatoms. The van der Waals surface area contributed by atoms with Crippen LogP contribution in [0.25, 0.3) is 0 Å². The van der Waals surface area contributed by atoms with Crippen LogP contribution in [0.1, 0.15) is 5.82 Å². The zero-order valence-electron chi connectivity index (χ0n) is 13.9. The summed E-state index contributed by atoms with van der Waals surface area (Å²) in [6.07, 6.45) is 1.77. The highest BCUT2D eigenvalue weighted by atomic mass is 32.2. The van der Waals surface area contributed by atoms with Crippen LogP contribution in [-0.2, 0) is 11.3 Å². The second-order valence-corrected chi connectivity index (χ2v) is 5.81. The average Bonchev–Trinajstić information content (AvgIpc) is 2.93.